The summed E-state index contributed by atoms with van der Waals surface area (Å²) in [6.45, 7) is 3.91. The van der Waals surface area contributed by atoms with Gasteiger partial charge >= 0.3 is 0 Å². The second-order valence-electron chi connectivity index (χ2n) is 5.40. The highest BCUT2D eigenvalue weighted by atomic mass is 32.2. The SMILES string of the molecule is CCn1cc([C@H]2OCCC[C@@H]2NC2CCSC2)cn1. The highest BCUT2D eigenvalue weighted by Gasteiger charge is 2.30. The molecular weight excluding hydrogens is 258 g/mol. The first kappa shape index (κ1) is 13.5. The van der Waals surface area contributed by atoms with Crippen LogP contribution < -0.4 is 5.32 Å². The van der Waals surface area contributed by atoms with E-state index in [-0.39, 0.29) is 6.10 Å². The first-order valence-corrected chi connectivity index (χ1v) is 8.50. The monoisotopic (exact) mass is 281 g/mol. The molecule has 2 saturated heterocycles. The lowest BCUT2D eigenvalue weighted by molar-refractivity contribution is -0.0131. The van der Waals surface area contributed by atoms with E-state index in [9.17, 15) is 0 Å². The van der Waals surface area contributed by atoms with Gasteiger partial charge in [0.25, 0.3) is 0 Å². The van der Waals surface area contributed by atoms with Gasteiger partial charge in [0.05, 0.1) is 6.20 Å². The number of ether oxygens (including phenoxy) is 1. The van der Waals surface area contributed by atoms with Gasteiger partial charge in [-0.05, 0) is 31.9 Å². The van der Waals surface area contributed by atoms with Gasteiger partial charge in [-0.3, -0.25) is 4.68 Å². The number of rotatable bonds is 4. The van der Waals surface area contributed by atoms with Gasteiger partial charge in [-0.1, -0.05) is 0 Å². The summed E-state index contributed by atoms with van der Waals surface area (Å²) in [5.74, 6) is 2.54. The molecule has 1 unspecified atom stereocenters. The van der Waals surface area contributed by atoms with Crippen molar-refractivity contribution in [1.82, 2.24) is 15.1 Å². The van der Waals surface area contributed by atoms with Crippen LogP contribution in [0.25, 0.3) is 0 Å². The minimum Gasteiger partial charge on any atom is -0.372 e. The van der Waals surface area contributed by atoms with E-state index < -0.39 is 0 Å². The number of thioether (sulfide) groups is 1. The number of hydrogen-bond acceptors (Lipinski definition) is 4. The van der Waals surface area contributed by atoms with Crippen molar-refractivity contribution in [2.45, 2.75) is 50.9 Å². The van der Waals surface area contributed by atoms with Gasteiger partial charge in [-0.15, -0.1) is 0 Å². The van der Waals surface area contributed by atoms with Gasteiger partial charge in [0.2, 0.25) is 0 Å². The number of nitrogens with one attached hydrogen (secondary N) is 1. The molecule has 1 N–H and O–H groups in total. The molecule has 2 fully saturated rings. The van der Waals surface area contributed by atoms with E-state index in [1.54, 1.807) is 0 Å². The maximum Gasteiger partial charge on any atom is 0.101 e. The van der Waals surface area contributed by atoms with Crippen LogP contribution in [-0.2, 0) is 11.3 Å². The van der Waals surface area contributed by atoms with Crippen molar-refractivity contribution in [3.05, 3.63) is 18.0 Å². The Balaban J connectivity index is 1.68. The molecule has 0 aromatic carbocycles. The zero-order valence-corrected chi connectivity index (χ0v) is 12.4. The average Bonchev–Trinajstić information content (AvgIpc) is 3.10. The molecule has 3 heterocycles. The predicted molar refractivity (Wildman–Crippen MR) is 78.5 cm³/mol. The average molecular weight is 281 g/mol. The Morgan fingerprint density at radius 3 is 3.21 bits per heavy atom. The molecule has 1 aromatic heterocycles. The van der Waals surface area contributed by atoms with Gasteiger partial charge in [0, 0.05) is 42.7 Å². The van der Waals surface area contributed by atoms with Crippen molar-refractivity contribution in [2.24, 2.45) is 0 Å². The fourth-order valence-electron chi connectivity index (χ4n) is 2.95. The smallest absolute Gasteiger partial charge is 0.101 e. The third-order valence-corrected chi connectivity index (χ3v) is 5.17. The Labute approximate surface area is 119 Å². The number of aryl methyl sites for hydroxylation is 1. The minimum atomic E-state index is 0.180. The number of nitrogens with zero attached hydrogens (tertiary/aromatic N) is 2. The van der Waals surface area contributed by atoms with Crippen LogP contribution in [0.4, 0.5) is 0 Å². The van der Waals surface area contributed by atoms with E-state index in [1.807, 2.05) is 10.9 Å². The maximum atomic E-state index is 6.02. The quantitative estimate of drug-likeness (QED) is 0.918. The molecule has 0 aliphatic carbocycles. The van der Waals surface area contributed by atoms with E-state index in [0.29, 0.717) is 12.1 Å². The lowest BCUT2D eigenvalue weighted by Crippen LogP contribution is -2.44. The molecule has 0 saturated carbocycles. The second-order valence-corrected chi connectivity index (χ2v) is 6.55. The second kappa shape index (κ2) is 6.29. The third-order valence-electron chi connectivity index (χ3n) is 4.01. The van der Waals surface area contributed by atoms with Gasteiger partial charge in [0.1, 0.15) is 6.10 Å². The summed E-state index contributed by atoms with van der Waals surface area (Å²) in [6.07, 6.45) is 7.95. The molecule has 2 aliphatic rings. The zero-order chi connectivity index (χ0) is 13.1. The molecule has 3 rings (SSSR count). The lowest BCUT2D eigenvalue weighted by atomic mass is 9.97. The third kappa shape index (κ3) is 3.15. The first-order chi connectivity index (χ1) is 9.36. The molecular formula is C14H23N3OS. The molecule has 0 spiro atoms. The number of hydrogen-bond donors (Lipinski definition) is 1. The van der Waals surface area contributed by atoms with Crippen LogP contribution in [0.2, 0.25) is 0 Å². The molecule has 2 aliphatic heterocycles. The summed E-state index contributed by atoms with van der Waals surface area (Å²) in [4.78, 5) is 0. The molecule has 0 bridgehead atoms. The van der Waals surface area contributed by atoms with Crippen molar-refractivity contribution in [3.63, 3.8) is 0 Å². The molecule has 0 radical (unpaired) electrons. The Kier molecular flexibility index (Phi) is 4.45. The van der Waals surface area contributed by atoms with Crippen LogP contribution in [0.3, 0.4) is 0 Å². The lowest BCUT2D eigenvalue weighted by Gasteiger charge is -2.33. The van der Waals surface area contributed by atoms with Crippen LogP contribution in [0.15, 0.2) is 12.4 Å². The Morgan fingerprint density at radius 2 is 2.47 bits per heavy atom. The zero-order valence-electron chi connectivity index (χ0n) is 11.5. The van der Waals surface area contributed by atoms with Crippen LogP contribution in [0, 0.1) is 0 Å². The minimum absolute atomic E-state index is 0.180. The van der Waals surface area contributed by atoms with Crippen LogP contribution in [0.5, 0.6) is 0 Å². The van der Waals surface area contributed by atoms with Crippen LogP contribution >= 0.6 is 11.8 Å². The van der Waals surface area contributed by atoms with E-state index in [0.717, 1.165) is 19.6 Å². The molecule has 5 heteroatoms. The van der Waals surface area contributed by atoms with Crippen molar-refractivity contribution < 1.29 is 4.74 Å². The van der Waals surface area contributed by atoms with Crippen LogP contribution in [0.1, 0.15) is 37.9 Å². The largest absolute Gasteiger partial charge is 0.372 e. The van der Waals surface area contributed by atoms with Gasteiger partial charge in [-0.2, -0.15) is 16.9 Å². The maximum absolute atomic E-state index is 6.02. The van der Waals surface area contributed by atoms with Crippen molar-refractivity contribution in [1.29, 1.82) is 0 Å². The molecule has 3 atom stereocenters. The molecule has 1 aromatic rings. The Bertz CT molecular complexity index is 403. The molecule has 19 heavy (non-hydrogen) atoms. The van der Waals surface area contributed by atoms with E-state index in [4.69, 9.17) is 4.74 Å². The molecule has 4 nitrogen and oxygen atoms in total. The normalized spacial score (nSPS) is 31.7. The van der Waals surface area contributed by atoms with Crippen molar-refractivity contribution in [2.75, 3.05) is 18.1 Å². The van der Waals surface area contributed by atoms with Gasteiger partial charge < -0.3 is 10.1 Å². The topological polar surface area (TPSA) is 39.1 Å². The predicted octanol–water partition coefficient (Wildman–Crippen LogP) is 2.22. The summed E-state index contributed by atoms with van der Waals surface area (Å²) in [6, 6.07) is 1.12. The summed E-state index contributed by atoms with van der Waals surface area (Å²) >= 11 is 2.06. The Morgan fingerprint density at radius 1 is 1.53 bits per heavy atom. The summed E-state index contributed by atoms with van der Waals surface area (Å²) in [5, 5.41) is 8.19. The highest BCUT2D eigenvalue weighted by molar-refractivity contribution is 7.99. The Hall–Kier alpha value is -0.520. The van der Waals surface area contributed by atoms with E-state index >= 15 is 0 Å². The first-order valence-electron chi connectivity index (χ1n) is 7.34. The van der Waals surface area contributed by atoms with E-state index in [2.05, 4.69) is 35.3 Å². The standard InChI is InChI=1S/C14H23N3OS/c1-2-17-9-11(8-15-17)14-13(4-3-6-18-14)16-12-5-7-19-10-12/h8-9,12-14,16H,2-7,10H2,1H3/t12?,13-,14+/m0/s1. The summed E-state index contributed by atoms with van der Waals surface area (Å²) < 4.78 is 8.00. The van der Waals surface area contributed by atoms with Gasteiger partial charge in [-0.25, -0.2) is 0 Å². The van der Waals surface area contributed by atoms with E-state index in [1.165, 1.54) is 29.9 Å². The fourth-order valence-corrected chi connectivity index (χ4v) is 4.11. The van der Waals surface area contributed by atoms with Gasteiger partial charge in [0.15, 0.2) is 0 Å². The fraction of sp³-hybridized carbons (Fsp3) is 0.786. The summed E-state index contributed by atoms with van der Waals surface area (Å²) in [5.41, 5.74) is 1.23. The molecule has 106 valence electrons. The number of aromatic nitrogens is 2. The summed E-state index contributed by atoms with van der Waals surface area (Å²) in [7, 11) is 0. The molecule has 0 amide bonds. The van der Waals surface area contributed by atoms with Crippen molar-refractivity contribution >= 4 is 11.8 Å². The van der Waals surface area contributed by atoms with Crippen molar-refractivity contribution in [3.8, 4) is 0 Å². The highest BCUT2D eigenvalue weighted by Crippen LogP contribution is 2.30. The van der Waals surface area contributed by atoms with Crippen LogP contribution in [-0.4, -0.2) is 40.0 Å².